The van der Waals surface area contributed by atoms with Gasteiger partial charge in [0.25, 0.3) is 0 Å². The van der Waals surface area contributed by atoms with E-state index in [4.69, 9.17) is 0 Å². The minimum absolute atomic E-state index is 1.28. The molecule has 0 aliphatic carbocycles. The molecular formula is C13H15N. The summed E-state index contributed by atoms with van der Waals surface area (Å²) in [7, 11) is 2.12. The van der Waals surface area contributed by atoms with Crippen molar-refractivity contribution in [3.05, 3.63) is 47.2 Å². The minimum Gasteiger partial charge on any atom is -0.344 e. The molecule has 1 aromatic carbocycles. The second kappa shape index (κ2) is 3.33. The lowest BCUT2D eigenvalue weighted by atomic mass is 10.0. The number of fused-ring (bicyclic) bond motifs is 1. The van der Waals surface area contributed by atoms with Gasteiger partial charge in [-0.05, 0) is 31.6 Å². The average Bonchev–Trinajstić information content (AvgIpc) is 2.18. The number of hydrogen-bond acceptors (Lipinski definition) is 1. The maximum absolute atomic E-state index is 2.24. The Morgan fingerprint density at radius 1 is 1.07 bits per heavy atom. The topological polar surface area (TPSA) is 3.24 Å². The summed E-state index contributed by atoms with van der Waals surface area (Å²) < 4.78 is 0. The van der Waals surface area contributed by atoms with Gasteiger partial charge in [-0.15, -0.1) is 0 Å². The molecule has 1 aliphatic heterocycles. The molecule has 0 saturated heterocycles. The molecule has 0 aromatic heterocycles. The smallest absolute Gasteiger partial charge is 0.0481 e. The molecular weight excluding hydrogens is 170 g/mol. The Morgan fingerprint density at radius 2 is 1.79 bits per heavy atom. The molecule has 1 nitrogen and oxygen atoms in total. The fourth-order valence-corrected chi connectivity index (χ4v) is 1.85. The van der Waals surface area contributed by atoms with Crippen molar-refractivity contribution in [3.63, 3.8) is 0 Å². The molecule has 1 heterocycles. The number of likely N-dealkylation sites (N-methyl/N-ethyl adjacent to an activating group) is 1. The highest BCUT2D eigenvalue weighted by molar-refractivity contribution is 5.76. The van der Waals surface area contributed by atoms with Crippen LogP contribution in [0.2, 0.25) is 0 Å². The quantitative estimate of drug-likeness (QED) is 0.598. The summed E-state index contributed by atoms with van der Waals surface area (Å²) in [6, 6.07) is 8.45. The molecule has 1 aromatic rings. The summed E-state index contributed by atoms with van der Waals surface area (Å²) in [4.78, 5) is 2.24. The lowest BCUT2D eigenvalue weighted by Crippen LogP contribution is -2.19. The van der Waals surface area contributed by atoms with Gasteiger partial charge < -0.3 is 4.90 Å². The van der Waals surface area contributed by atoms with Gasteiger partial charge in [-0.3, -0.25) is 0 Å². The maximum atomic E-state index is 2.24. The van der Waals surface area contributed by atoms with Gasteiger partial charge in [-0.1, -0.05) is 29.8 Å². The van der Waals surface area contributed by atoms with E-state index in [1.807, 2.05) is 0 Å². The van der Waals surface area contributed by atoms with Crippen LogP contribution < -0.4 is 4.90 Å². The molecule has 0 radical (unpaired) electrons. The largest absolute Gasteiger partial charge is 0.344 e. The fourth-order valence-electron chi connectivity index (χ4n) is 1.85. The third-order valence-corrected chi connectivity index (χ3v) is 2.59. The van der Waals surface area contributed by atoms with Gasteiger partial charge in [0, 0.05) is 18.4 Å². The average molecular weight is 185 g/mol. The van der Waals surface area contributed by atoms with E-state index in [1.54, 1.807) is 0 Å². The first-order chi connectivity index (χ1) is 6.70. The molecule has 0 amide bonds. The Balaban J connectivity index is 2.56. The second-order valence-electron chi connectivity index (χ2n) is 3.84. The molecule has 2 rings (SSSR count). The lowest BCUT2D eigenvalue weighted by Gasteiger charge is -2.27. The summed E-state index contributed by atoms with van der Waals surface area (Å²) >= 11 is 0. The van der Waals surface area contributed by atoms with Crippen molar-refractivity contribution in [2.45, 2.75) is 13.8 Å². The predicted molar refractivity (Wildman–Crippen MR) is 62.3 cm³/mol. The van der Waals surface area contributed by atoms with E-state index in [0.717, 1.165) is 0 Å². The molecule has 0 unspecified atom stereocenters. The van der Waals surface area contributed by atoms with E-state index in [2.05, 4.69) is 62.2 Å². The highest BCUT2D eigenvalue weighted by atomic mass is 15.1. The van der Waals surface area contributed by atoms with Gasteiger partial charge in [0.05, 0.1) is 0 Å². The summed E-state index contributed by atoms with van der Waals surface area (Å²) in [5.41, 5.74) is 5.22. The number of para-hydroxylation sites is 1. The maximum Gasteiger partial charge on any atom is 0.0481 e. The van der Waals surface area contributed by atoms with Crippen molar-refractivity contribution in [2.75, 3.05) is 11.9 Å². The zero-order valence-electron chi connectivity index (χ0n) is 8.91. The Labute approximate surface area is 85.4 Å². The Morgan fingerprint density at radius 3 is 2.50 bits per heavy atom. The molecule has 0 atom stereocenters. The Kier molecular flexibility index (Phi) is 2.16. The van der Waals surface area contributed by atoms with Crippen LogP contribution in [0.1, 0.15) is 19.4 Å². The van der Waals surface area contributed by atoms with Gasteiger partial charge in [-0.25, -0.2) is 0 Å². The van der Waals surface area contributed by atoms with Crippen LogP contribution in [0.25, 0.3) is 6.08 Å². The fraction of sp³-hybridized carbons (Fsp3) is 0.231. The van der Waals surface area contributed by atoms with Crippen LogP contribution in [0.3, 0.4) is 0 Å². The number of nitrogens with zero attached hydrogens (tertiary/aromatic N) is 1. The van der Waals surface area contributed by atoms with Crippen LogP contribution in [-0.2, 0) is 0 Å². The van der Waals surface area contributed by atoms with E-state index in [-0.39, 0.29) is 0 Å². The normalized spacial score (nSPS) is 14.2. The van der Waals surface area contributed by atoms with E-state index >= 15 is 0 Å². The number of allylic oxidation sites excluding steroid dienone is 2. The first-order valence-electron chi connectivity index (χ1n) is 4.88. The van der Waals surface area contributed by atoms with Gasteiger partial charge in [-0.2, -0.15) is 0 Å². The summed E-state index contributed by atoms with van der Waals surface area (Å²) in [5, 5.41) is 0. The van der Waals surface area contributed by atoms with Crippen LogP contribution in [0.5, 0.6) is 0 Å². The number of hydrogen-bond donors (Lipinski definition) is 0. The van der Waals surface area contributed by atoms with Crippen molar-refractivity contribution in [1.82, 2.24) is 0 Å². The Bertz CT molecular complexity index is 409. The SMILES string of the molecule is CC(C)=C1C=Cc2ccccc2N1C. The standard InChI is InChI=1S/C13H15N/c1-10(2)12-9-8-11-6-4-5-7-13(11)14(12)3/h4-9H,1-3H3. The van der Waals surface area contributed by atoms with Crippen molar-refractivity contribution < 1.29 is 0 Å². The van der Waals surface area contributed by atoms with Crippen LogP contribution in [0.4, 0.5) is 5.69 Å². The first kappa shape index (κ1) is 9.07. The monoisotopic (exact) mass is 185 g/mol. The Hall–Kier alpha value is -1.50. The molecule has 1 heteroatoms. The highest BCUT2D eigenvalue weighted by Gasteiger charge is 2.12. The van der Waals surface area contributed by atoms with Gasteiger partial charge >= 0.3 is 0 Å². The third-order valence-electron chi connectivity index (χ3n) is 2.59. The summed E-state index contributed by atoms with van der Waals surface area (Å²) in [6.07, 6.45) is 4.36. The first-order valence-corrected chi connectivity index (χ1v) is 4.88. The van der Waals surface area contributed by atoms with E-state index in [9.17, 15) is 0 Å². The molecule has 0 N–H and O–H groups in total. The van der Waals surface area contributed by atoms with E-state index in [1.165, 1.54) is 22.5 Å². The van der Waals surface area contributed by atoms with Gasteiger partial charge in [0.2, 0.25) is 0 Å². The van der Waals surface area contributed by atoms with E-state index < -0.39 is 0 Å². The molecule has 1 aliphatic rings. The zero-order chi connectivity index (χ0) is 10.1. The number of benzene rings is 1. The number of anilines is 1. The minimum atomic E-state index is 1.28. The molecule has 72 valence electrons. The van der Waals surface area contributed by atoms with Crippen LogP contribution in [0, 0.1) is 0 Å². The zero-order valence-corrected chi connectivity index (χ0v) is 8.91. The molecule has 0 spiro atoms. The van der Waals surface area contributed by atoms with Crippen LogP contribution >= 0.6 is 0 Å². The third kappa shape index (κ3) is 1.35. The van der Waals surface area contributed by atoms with E-state index in [0.29, 0.717) is 0 Å². The van der Waals surface area contributed by atoms with Crippen molar-refractivity contribution in [3.8, 4) is 0 Å². The van der Waals surface area contributed by atoms with Gasteiger partial charge in [0.15, 0.2) is 0 Å². The predicted octanol–water partition coefficient (Wildman–Crippen LogP) is 3.44. The van der Waals surface area contributed by atoms with Crippen molar-refractivity contribution in [1.29, 1.82) is 0 Å². The number of rotatable bonds is 0. The molecule has 0 saturated carbocycles. The van der Waals surface area contributed by atoms with Crippen LogP contribution in [0.15, 0.2) is 41.6 Å². The summed E-state index contributed by atoms with van der Waals surface area (Å²) in [6.45, 7) is 4.29. The van der Waals surface area contributed by atoms with Crippen molar-refractivity contribution in [2.24, 2.45) is 0 Å². The van der Waals surface area contributed by atoms with Crippen LogP contribution in [-0.4, -0.2) is 7.05 Å². The molecule has 0 fully saturated rings. The summed E-state index contributed by atoms with van der Waals surface area (Å²) in [5.74, 6) is 0. The lowest BCUT2D eigenvalue weighted by molar-refractivity contribution is 1.08. The van der Waals surface area contributed by atoms with Gasteiger partial charge in [0.1, 0.15) is 0 Å². The highest BCUT2D eigenvalue weighted by Crippen LogP contribution is 2.30. The molecule has 0 bridgehead atoms. The van der Waals surface area contributed by atoms with Crippen molar-refractivity contribution >= 4 is 11.8 Å². The molecule has 14 heavy (non-hydrogen) atoms. The second-order valence-corrected chi connectivity index (χ2v) is 3.84.